The summed E-state index contributed by atoms with van der Waals surface area (Å²) in [5, 5.41) is 8.95. The van der Waals surface area contributed by atoms with Crippen LogP contribution in [0.15, 0.2) is 23.3 Å². The SMILES string of the molecule is C=C(C)[C@H]1CCC(CO)=C1C. The van der Waals surface area contributed by atoms with Crippen LogP contribution in [-0.2, 0) is 0 Å². The molecule has 0 aromatic carbocycles. The first-order chi connectivity index (χ1) is 5.16. The van der Waals surface area contributed by atoms with E-state index in [0.717, 1.165) is 12.8 Å². The van der Waals surface area contributed by atoms with Gasteiger partial charge in [0.05, 0.1) is 6.61 Å². The van der Waals surface area contributed by atoms with Gasteiger partial charge in [0.1, 0.15) is 0 Å². The number of rotatable bonds is 2. The summed E-state index contributed by atoms with van der Waals surface area (Å²) in [6, 6.07) is 0. The van der Waals surface area contributed by atoms with Crippen LogP contribution < -0.4 is 0 Å². The van der Waals surface area contributed by atoms with E-state index >= 15 is 0 Å². The largest absolute Gasteiger partial charge is 0.392 e. The summed E-state index contributed by atoms with van der Waals surface area (Å²) in [5.74, 6) is 0.539. The Morgan fingerprint density at radius 1 is 1.73 bits per heavy atom. The fourth-order valence-electron chi connectivity index (χ4n) is 1.80. The van der Waals surface area contributed by atoms with Gasteiger partial charge in [-0.2, -0.15) is 0 Å². The summed E-state index contributed by atoms with van der Waals surface area (Å²) in [5.41, 5.74) is 3.80. The predicted molar refractivity (Wildman–Crippen MR) is 47.3 cm³/mol. The van der Waals surface area contributed by atoms with Gasteiger partial charge in [0.15, 0.2) is 0 Å². The van der Waals surface area contributed by atoms with Crippen molar-refractivity contribution in [2.75, 3.05) is 6.61 Å². The molecule has 0 aliphatic heterocycles. The predicted octanol–water partition coefficient (Wildman–Crippen LogP) is 2.28. The smallest absolute Gasteiger partial charge is 0.0644 e. The van der Waals surface area contributed by atoms with Crippen LogP contribution >= 0.6 is 0 Å². The molecule has 1 aliphatic carbocycles. The highest BCUT2D eigenvalue weighted by Gasteiger charge is 2.21. The van der Waals surface area contributed by atoms with E-state index in [1.807, 2.05) is 0 Å². The zero-order valence-corrected chi connectivity index (χ0v) is 7.35. The zero-order valence-electron chi connectivity index (χ0n) is 7.35. The Bertz CT molecular complexity index is 201. The Morgan fingerprint density at radius 2 is 2.36 bits per heavy atom. The van der Waals surface area contributed by atoms with Gasteiger partial charge in [-0.1, -0.05) is 17.7 Å². The summed E-state index contributed by atoms with van der Waals surface area (Å²) in [6.07, 6.45) is 2.21. The normalized spacial score (nSPS) is 24.5. The maximum Gasteiger partial charge on any atom is 0.0644 e. The summed E-state index contributed by atoms with van der Waals surface area (Å²) >= 11 is 0. The van der Waals surface area contributed by atoms with Crippen molar-refractivity contribution in [3.05, 3.63) is 23.3 Å². The Kier molecular flexibility index (Phi) is 2.50. The minimum absolute atomic E-state index is 0.232. The van der Waals surface area contributed by atoms with Crippen molar-refractivity contribution in [3.63, 3.8) is 0 Å². The van der Waals surface area contributed by atoms with Gasteiger partial charge in [0, 0.05) is 5.92 Å². The van der Waals surface area contributed by atoms with E-state index in [2.05, 4.69) is 20.4 Å². The molecule has 1 atom stereocenters. The lowest BCUT2D eigenvalue weighted by molar-refractivity contribution is 0.327. The average Bonchev–Trinajstić information content (AvgIpc) is 2.30. The number of hydrogen-bond acceptors (Lipinski definition) is 1. The standard InChI is InChI=1S/C10H16O/c1-7(2)10-5-4-9(6-11)8(10)3/h10-11H,1,4-6H2,2-3H3/t10-/m1/s1. The van der Waals surface area contributed by atoms with Crippen molar-refractivity contribution in [2.45, 2.75) is 26.7 Å². The van der Waals surface area contributed by atoms with Crippen LogP contribution in [0.5, 0.6) is 0 Å². The molecule has 0 spiro atoms. The van der Waals surface area contributed by atoms with Gasteiger partial charge in [0.2, 0.25) is 0 Å². The second-order valence-electron chi connectivity index (χ2n) is 3.38. The quantitative estimate of drug-likeness (QED) is 0.602. The van der Waals surface area contributed by atoms with Crippen LogP contribution in [-0.4, -0.2) is 11.7 Å². The van der Waals surface area contributed by atoms with Gasteiger partial charge in [0.25, 0.3) is 0 Å². The van der Waals surface area contributed by atoms with E-state index in [4.69, 9.17) is 5.11 Å². The maximum atomic E-state index is 8.95. The monoisotopic (exact) mass is 152 g/mol. The van der Waals surface area contributed by atoms with E-state index in [9.17, 15) is 0 Å². The zero-order chi connectivity index (χ0) is 8.43. The van der Waals surface area contributed by atoms with Gasteiger partial charge < -0.3 is 5.11 Å². The molecule has 11 heavy (non-hydrogen) atoms. The third kappa shape index (κ3) is 1.54. The molecule has 1 rings (SSSR count). The van der Waals surface area contributed by atoms with Gasteiger partial charge >= 0.3 is 0 Å². The maximum absolute atomic E-state index is 8.95. The van der Waals surface area contributed by atoms with E-state index in [0.29, 0.717) is 5.92 Å². The van der Waals surface area contributed by atoms with E-state index in [-0.39, 0.29) is 6.61 Å². The first-order valence-corrected chi connectivity index (χ1v) is 4.11. The fraction of sp³-hybridized carbons (Fsp3) is 0.600. The minimum atomic E-state index is 0.232. The van der Waals surface area contributed by atoms with Gasteiger partial charge in [-0.3, -0.25) is 0 Å². The first kappa shape index (κ1) is 8.54. The molecule has 0 bridgehead atoms. The van der Waals surface area contributed by atoms with E-state index < -0.39 is 0 Å². The topological polar surface area (TPSA) is 20.2 Å². The fourth-order valence-corrected chi connectivity index (χ4v) is 1.80. The lowest BCUT2D eigenvalue weighted by Gasteiger charge is -2.10. The highest BCUT2D eigenvalue weighted by atomic mass is 16.3. The molecule has 1 heteroatoms. The summed E-state index contributed by atoms with van der Waals surface area (Å²) in [6.45, 7) is 8.35. The molecular formula is C10H16O. The van der Waals surface area contributed by atoms with Crippen LogP contribution in [0.1, 0.15) is 26.7 Å². The second-order valence-corrected chi connectivity index (χ2v) is 3.38. The second kappa shape index (κ2) is 3.22. The number of hydrogen-bond donors (Lipinski definition) is 1. The van der Waals surface area contributed by atoms with Crippen LogP contribution in [0.3, 0.4) is 0 Å². The number of aliphatic hydroxyl groups excluding tert-OH is 1. The van der Waals surface area contributed by atoms with Crippen molar-refractivity contribution in [3.8, 4) is 0 Å². The molecule has 0 aromatic rings. The Balaban J connectivity index is 2.77. The summed E-state index contributed by atoms with van der Waals surface area (Å²) in [7, 11) is 0. The number of aliphatic hydroxyl groups is 1. The molecule has 0 saturated heterocycles. The van der Waals surface area contributed by atoms with Crippen LogP contribution in [0.25, 0.3) is 0 Å². The van der Waals surface area contributed by atoms with Gasteiger partial charge in [-0.25, -0.2) is 0 Å². The minimum Gasteiger partial charge on any atom is -0.392 e. The first-order valence-electron chi connectivity index (χ1n) is 4.11. The lowest BCUT2D eigenvalue weighted by Crippen LogP contribution is -1.97. The lowest BCUT2D eigenvalue weighted by atomic mass is 9.95. The molecule has 1 nitrogen and oxygen atoms in total. The molecule has 1 aliphatic rings. The molecule has 62 valence electrons. The van der Waals surface area contributed by atoms with Crippen molar-refractivity contribution in [1.82, 2.24) is 0 Å². The van der Waals surface area contributed by atoms with E-state index in [1.165, 1.54) is 16.7 Å². The van der Waals surface area contributed by atoms with Crippen LogP contribution in [0, 0.1) is 5.92 Å². The molecule has 0 heterocycles. The Hall–Kier alpha value is -0.560. The molecule has 0 unspecified atom stereocenters. The Morgan fingerprint density at radius 3 is 2.64 bits per heavy atom. The number of allylic oxidation sites excluding steroid dienone is 2. The highest BCUT2D eigenvalue weighted by Crippen LogP contribution is 2.35. The van der Waals surface area contributed by atoms with Crippen LogP contribution in [0.4, 0.5) is 0 Å². The van der Waals surface area contributed by atoms with Gasteiger partial charge in [-0.15, -0.1) is 0 Å². The third-order valence-electron chi connectivity index (χ3n) is 2.60. The molecule has 1 N–H and O–H groups in total. The molecule has 0 fully saturated rings. The van der Waals surface area contributed by atoms with Crippen molar-refractivity contribution < 1.29 is 5.11 Å². The summed E-state index contributed by atoms with van der Waals surface area (Å²) in [4.78, 5) is 0. The van der Waals surface area contributed by atoms with Crippen LogP contribution in [0.2, 0.25) is 0 Å². The molecule has 0 amide bonds. The average molecular weight is 152 g/mol. The Labute approximate surface area is 68.4 Å². The summed E-state index contributed by atoms with van der Waals surface area (Å²) < 4.78 is 0. The molecule has 0 saturated carbocycles. The molecular weight excluding hydrogens is 136 g/mol. The van der Waals surface area contributed by atoms with Gasteiger partial charge in [-0.05, 0) is 32.3 Å². The highest BCUT2D eigenvalue weighted by molar-refractivity contribution is 5.27. The third-order valence-corrected chi connectivity index (χ3v) is 2.60. The van der Waals surface area contributed by atoms with E-state index in [1.54, 1.807) is 0 Å². The van der Waals surface area contributed by atoms with Crippen molar-refractivity contribution in [1.29, 1.82) is 0 Å². The molecule has 0 aromatic heterocycles. The molecule has 0 radical (unpaired) electrons. The van der Waals surface area contributed by atoms with Crippen molar-refractivity contribution >= 4 is 0 Å². The van der Waals surface area contributed by atoms with Crippen molar-refractivity contribution in [2.24, 2.45) is 5.92 Å².